The van der Waals surface area contributed by atoms with Crippen LogP contribution in [0.4, 0.5) is 4.79 Å². The molecule has 0 saturated carbocycles. The van der Waals surface area contributed by atoms with Crippen LogP contribution >= 0.6 is 12.0 Å². The minimum Gasteiger partial charge on any atom is -0.358 e. The Kier molecular flexibility index (Phi) is 3.62. The summed E-state index contributed by atoms with van der Waals surface area (Å²) in [4.78, 5) is 28.1. The molecule has 92 valence electrons. The lowest BCUT2D eigenvalue weighted by Crippen LogP contribution is -2.37. The molecule has 1 heterocycles. The Bertz CT molecular complexity index is 488. The van der Waals surface area contributed by atoms with Gasteiger partial charge in [-0.15, -0.1) is 5.10 Å². The normalized spacial score (nSPS) is 13.9. The van der Waals surface area contributed by atoms with E-state index in [-0.39, 0.29) is 0 Å². The molecule has 1 aromatic heterocycles. The predicted octanol–water partition coefficient (Wildman–Crippen LogP) is 0.360. The van der Waals surface area contributed by atoms with Crippen LogP contribution in [0.25, 0.3) is 0 Å². The van der Waals surface area contributed by atoms with Gasteiger partial charge in [0.1, 0.15) is 0 Å². The Balaban J connectivity index is 2.24. The number of carbonyl (C=O) groups is 1. The summed E-state index contributed by atoms with van der Waals surface area (Å²) in [6, 6.07) is 0. The van der Waals surface area contributed by atoms with Gasteiger partial charge in [0.05, 0.1) is 17.7 Å². The Hall–Kier alpha value is -1.57. The van der Waals surface area contributed by atoms with Gasteiger partial charge < -0.3 is 4.18 Å². The van der Waals surface area contributed by atoms with Crippen molar-refractivity contribution in [3.8, 4) is 0 Å². The fraction of sp³-hybridized carbons (Fsp3) is 0.556. The van der Waals surface area contributed by atoms with E-state index in [9.17, 15) is 9.59 Å². The van der Waals surface area contributed by atoms with E-state index in [1.165, 1.54) is 0 Å². The summed E-state index contributed by atoms with van der Waals surface area (Å²) >= 11 is 0.826. The van der Waals surface area contributed by atoms with Crippen molar-refractivity contribution in [2.24, 2.45) is 0 Å². The van der Waals surface area contributed by atoms with Crippen molar-refractivity contribution in [2.45, 2.75) is 25.7 Å². The van der Waals surface area contributed by atoms with Gasteiger partial charge >= 0.3 is 11.7 Å². The molecule has 1 aliphatic rings. The average molecular weight is 257 g/mol. The van der Waals surface area contributed by atoms with Crippen LogP contribution in [-0.4, -0.2) is 27.6 Å². The van der Waals surface area contributed by atoms with E-state index in [1.807, 2.05) is 0 Å². The van der Waals surface area contributed by atoms with Crippen LogP contribution in [0.5, 0.6) is 0 Å². The van der Waals surface area contributed by atoms with Crippen molar-refractivity contribution >= 4 is 18.2 Å². The molecule has 0 bridgehead atoms. The third-order valence-electron chi connectivity index (χ3n) is 2.43. The molecular weight excluding hydrogens is 246 g/mol. The highest BCUT2D eigenvalue weighted by atomic mass is 32.2. The summed E-state index contributed by atoms with van der Waals surface area (Å²) in [5, 5.41) is 7.40. The van der Waals surface area contributed by atoms with Crippen LogP contribution in [0, 0.1) is 0 Å². The maximum Gasteiger partial charge on any atom is 0.547 e. The fourth-order valence-electron chi connectivity index (χ4n) is 1.69. The summed E-state index contributed by atoms with van der Waals surface area (Å²) in [6.07, 6.45) is 3.88. The number of fused-ring (bicyclic) bond motifs is 1. The minimum absolute atomic E-state index is 0.437. The zero-order valence-electron chi connectivity index (χ0n) is 9.21. The van der Waals surface area contributed by atoms with E-state index in [0.29, 0.717) is 22.5 Å². The summed E-state index contributed by atoms with van der Waals surface area (Å²) < 4.78 is 4.47. The molecule has 0 saturated heterocycles. The molecule has 7 nitrogen and oxygen atoms in total. The SMILES string of the molecule is CSOC(=O)On1nnc2c(c1=O)CCCC2. The van der Waals surface area contributed by atoms with Gasteiger partial charge in [-0.2, -0.15) is 0 Å². The summed E-state index contributed by atoms with van der Waals surface area (Å²) in [7, 11) is 0. The van der Waals surface area contributed by atoms with Crippen molar-refractivity contribution in [3.05, 3.63) is 21.6 Å². The molecule has 0 radical (unpaired) electrons. The molecule has 17 heavy (non-hydrogen) atoms. The molecule has 0 N–H and O–H groups in total. The lowest BCUT2D eigenvalue weighted by Gasteiger charge is -2.13. The lowest BCUT2D eigenvalue weighted by molar-refractivity contribution is 0.0695. The highest BCUT2D eigenvalue weighted by Crippen LogP contribution is 2.14. The Morgan fingerprint density at radius 1 is 1.41 bits per heavy atom. The number of rotatable bonds is 2. The zero-order valence-corrected chi connectivity index (χ0v) is 10.0. The van der Waals surface area contributed by atoms with Crippen LogP contribution in [-0.2, 0) is 17.0 Å². The van der Waals surface area contributed by atoms with Gasteiger partial charge in [0, 0.05) is 11.8 Å². The highest BCUT2D eigenvalue weighted by molar-refractivity contribution is 7.94. The van der Waals surface area contributed by atoms with Crippen LogP contribution in [0.15, 0.2) is 4.79 Å². The molecular formula is C9H11N3O4S. The van der Waals surface area contributed by atoms with Gasteiger partial charge in [-0.1, -0.05) is 0 Å². The molecule has 8 heteroatoms. The van der Waals surface area contributed by atoms with E-state index in [4.69, 9.17) is 0 Å². The molecule has 0 fully saturated rings. The second-order valence-electron chi connectivity index (χ2n) is 3.49. The lowest BCUT2D eigenvalue weighted by atomic mass is 9.98. The van der Waals surface area contributed by atoms with Crippen molar-refractivity contribution < 1.29 is 13.8 Å². The third kappa shape index (κ3) is 2.57. The Morgan fingerprint density at radius 2 is 2.18 bits per heavy atom. The third-order valence-corrected chi connectivity index (χ3v) is 2.73. The average Bonchev–Trinajstić information content (AvgIpc) is 2.33. The van der Waals surface area contributed by atoms with Gasteiger partial charge in [0.25, 0.3) is 0 Å². The molecule has 0 aliphatic heterocycles. The Labute approximate surface area is 101 Å². The highest BCUT2D eigenvalue weighted by Gasteiger charge is 2.19. The topological polar surface area (TPSA) is 83.3 Å². The number of nitrogens with zero attached hydrogens (tertiary/aromatic N) is 3. The van der Waals surface area contributed by atoms with Crippen molar-refractivity contribution in [1.29, 1.82) is 0 Å². The van der Waals surface area contributed by atoms with Gasteiger partial charge in [-0.3, -0.25) is 9.63 Å². The molecule has 2 rings (SSSR count). The van der Waals surface area contributed by atoms with Gasteiger partial charge in [0.2, 0.25) is 0 Å². The van der Waals surface area contributed by atoms with E-state index in [2.05, 4.69) is 19.3 Å². The van der Waals surface area contributed by atoms with Gasteiger partial charge in [-0.25, -0.2) is 4.79 Å². The molecule has 1 aromatic rings. The number of aromatic nitrogens is 3. The second kappa shape index (κ2) is 5.17. The first-order valence-electron chi connectivity index (χ1n) is 5.13. The molecule has 0 aromatic carbocycles. The maximum atomic E-state index is 11.9. The molecule has 0 unspecified atom stereocenters. The van der Waals surface area contributed by atoms with E-state index < -0.39 is 11.7 Å². The first-order valence-corrected chi connectivity index (χ1v) is 6.28. The largest absolute Gasteiger partial charge is 0.547 e. The molecule has 0 atom stereocenters. The minimum atomic E-state index is -0.996. The van der Waals surface area contributed by atoms with Gasteiger partial charge in [-0.05, 0) is 35.7 Å². The second-order valence-corrected chi connectivity index (χ2v) is 3.99. The molecule has 1 aliphatic carbocycles. The number of carbonyl (C=O) groups excluding carboxylic acids is 1. The summed E-state index contributed by atoms with van der Waals surface area (Å²) in [5.74, 6) is 0. The molecule has 0 amide bonds. The Morgan fingerprint density at radius 3 is 2.94 bits per heavy atom. The fourth-order valence-corrected chi connectivity index (χ4v) is 1.86. The van der Waals surface area contributed by atoms with E-state index >= 15 is 0 Å². The van der Waals surface area contributed by atoms with Crippen LogP contribution in [0.1, 0.15) is 24.1 Å². The van der Waals surface area contributed by atoms with E-state index in [0.717, 1.165) is 31.3 Å². The smallest absolute Gasteiger partial charge is 0.358 e. The van der Waals surface area contributed by atoms with Crippen LogP contribution < -0.4 is 10.4 Å². The van der Waals surface area contributed by atoms with Crippen molar-refractivity contribution in [2.75, 3.05) is 6.26 Å². The summed E-state index contributed by atoms with van der Waals surface area (Å²) in [6.45, 7) is 0. The molecule has 0 spiro atoms. The predicted molar refractivity (Wildman–Crippen MR) is 59.5 cm³/mol. The van der Waals surface area contributed by atoms with Crippen LogP contribution in [0.3, 0.4) is 0 Å². The quantitative estimate of drug-likeness (QED) is 0.558. The zero-order chi connectivity index (χ0) is 12.3. The summed E-state index contributed by atoms with van der Waals surface area (Å²) in [5.41, 5.74) is 0.829. The first kappa shape index (κ1) is 11.9. The van der Waals surface area contributed by atoms with Crippen molar-refractivity contribution in [3.63, 3.8) is 0 Å². The monoisotopic (exact) mass is 257 g/mol. The number of aryl methyl sites for hydroxylation is 1. The van der Waals surface area contributed by atoms with Gasteiger partial charge in [0.15, 0.2) is 0 Å². The van der Waals surface area contributed by atoms with E-state index in [1.54, 1.807) is 6.26 Å². The standard InChI is InChI=1S/C9H11N3O4S/c1-17-16-9(14)15-12-8(13)6-4-2-3-5-7(6)10-11-12/h2-5H2,1H3. The van der Waals surface area contributed by atoms with Crippen molar-refractivity contribution in [1.82, 2.24) is 15.2 Å². The first-order chi connectivity index (χ1) is 8.22. The van der Waals surface area contributed by atoms with Crippen LogP contribution in [0.2, 0.25) is 0 Å². The number of hydrogen-bond donors (Lipinski definition) is 0. The number of hydrogen-bond acceptors (Lipinski definition) is 7. The maximum absolute atomic E-state index is 11.9.